The van der Waals surface area contributed by atoms with Gasteiger partial charge in [0.15, 0.2) is 0 Å². The van der Waals surface area contributed by atoms with Gasteiger partial charge in [0.25, 0.3) is 17.3 Å². The predicted molar refractivity (Wildman–Crippen MR) is 137 cm³/mol. The Morgan fingerprint density at radius 3 is 2.13 bits per heavy atom. The van der Waals surface area contributed by atoms with Crippen LogP contribution in [0.3, 0.4) is 0 Å². The highest BCUT2D eigenvalue weighted by molar-refractivity contribution is 5.96. The Balaban J connectivity index is 1.71. The minimum absolute atomic E-state index is 0.0394. The van der Waals surface area contributed by atoms with Gasteiger partial charge in [0.1, 0.15) is 5.75 Å². The molecular formula is C25H19N5O8. The van der Waals surface area contributed by atoms with Crippen LogP contribution in [0.4, 0.5) is 17.1 Å². The number of nitrogens with zero attached hydrogens (tertiary/aromatic N) is 3. The molecule has 0 aromatic heterocycles. The number of carbonyl (C=O) groups is 3. The van der Waals surface area contributed by atoms with Crippen LogP contribution in [0.25, 0.3) is 6.08 Å². The molecule has 192 valence electrons. The molecule has 0 aliphatic heterocycles. The molecule has 38 heavy (non-hydrogen) atoms. The molecule has 0 radical (unpaired) electrons. The number of hydrogen-bond acceptors (Lipinski definition) is 9. The Hall–Kier alpha value is -5.72. The molecule has 0 heterocycles. The summed E-state index contributed by atoms with van der Waals surface area (Å²) in [6, 6.07) is 14.9. The quantitative estimate of drug-likeness (QED) is 0.107. The summed E-state index contributed by atoms with van der Waals surface area (Å²) in [5, 5.41) is 28.3. The van der Waals surface area contributed by atoms with Gasteiger partial charge in [-0.15, -0.1) is 0 Å². The molecule has 0 saturated carbocycles. The van der Waals surface area contributed by atoms with Gasteiger partial charge in [0, 0.05) is 54.1 Å². The lowest BCUT2D eigenvalue weighted by atomic mass is 10.2. The van der Waals surface area contributed by atoms with E-state index in [1.54, 1.807) is 0 Å². The van der Waals surface area contributed by atoms with Crippen molar-refractivity contribution >= 4 is 47.1 Å². The van der Waals surface area contributed by atoms with Crippen LogP contribution < -0.4 is 15.5 Å². The van der Waals surface area contributed by atoms with Crippen LogP contribution in [0.1, 0.15) is 28.4 Å². The lowest BCUT2D eigenvalue weighted by Crippen LogP contribution is -2.17. The molecule has 0 aliphatic carbocycles. The number of esters is 1. The summed E-state index contributed by atoms with van der Waals surface area (Å²) >= 11 is 0. The number of hydrazone groups is 1. The number of carbonyl (C=O) groups excluding carboxylic acids is 3. The Bertz CT molecular complexity index is 1450. The highest BCUT2D eigenvalue weighted by atomic mass is 16.6. The van der Waals surface area contributed by atoms with Crippen LogP contribution in [0.2, 0.25) is 0 Å². The zero-order valence-electron chi connectivity index (χ0n) is 19.7. The molecular weight excluding hydrogens is 498 g/mol. The maximum Gasteiger partial charge on any atom is 0.336 e. The van der Waals surface area contributed by atoms with Crippen LogP contribution in [-0.4, -0.2) is 33.8 Å². The molecule has 2 N–H and O–H groups in total. The van der Waals surface area contributed by atoms with E-state index in [2.05, 4.69) is 15.8 Å². The summed E-state index contributed by atoms with van der Waals surface area (Å²) in [4.78, 5) is 56.4. The van der Waals surface area contributed by atoms with E-state index in [9.17, 15) is 34.6 Å². The Kier molecular flexibility index (Phi) is 8.70. The van der Waals surface area contributed by atoms with Crippen molar-refractivity contribution < 1.29 is 29.0 Å². The fraction of sp³-hybridized carbons (Fsp3) is 0.0400. The molecule has 0 spiro atoms. The van der Waals surface area contributed by atoms with Crippen molar-refractivity contribution in [2.24, 2.45) is 5.10 Å². The van der Waals surface area contributed by atoms with E-state index in [0.29, 0.717) is 11.3 Å². The van der Waals surface area contributed by atoms with Crippen LogP contribution >= 0.6 is 0 Å². The first kappa shape index (κ1) is 26.9. The van der Waals surface area contributed by atoms with E-state index in [-0.39, 0.29) is 34.2 Å². The largest absolute Gasteiger partial charge is 0.423 e. The van der Waals surface area contributed by atoms with Crippen LogP contribution in [0, 0.1) is 20.2 Å². The topological polar surface area (TPSA) is 183 Å². The Morgan fingerprint density at radius 2 is 1.53 bits per heavy atom. The van der Waals surface area contributed by atoms with Crippen molar-refractivity contribution in [2.45, 2.75) is 6.92 Å². The van der Waals surface area contributed by atoms with Gasteiger partial charge in [-0.2, -0.15) is 5.10 Å². The van der Waals surface area contributed by atoms with E-state index in [4.69, 9.17) is 4.74 Å². The Labute approximate surface area is 214 Å². The summed E-state index contributed by atoms with van der Waals surface area (Å²) < 4.78 is 5.26. The minimum atomic E-state index is -0.824. The summed E-state index contributed by atoms with van der Waals surface area (Å²) in [5.41, 5.74) is 3.15. The van der Waals surface area contributed by atoms with E-state index in [1.165, 1.54) is 67.6 Å². The van der Waals surface area contributed by atoms with Crippen molar-refractivity contribution in [1.29, 1.82) is 0 Å². The summed E-state index contributed by atoms with van der Waals surface area (Å²) in [6.45, 7) is 1.35. The van der Waals surface area contributed by atoms with E-state index in [0.717, 1.165) is 24.4 Å². The second-order valence-corrected chi connectivity index (χ2v) is 7.54. The van der Waals surface area contributed by atoms with E-state index >= 15 is 0 Å². The molecule has 3 aromatic rings. The minimum Gasteiger partial charge on any atom is -0.423 e. The average molecular weight is 517 g/mol. The smallest absolute Gasteiger partial charge is 0.336 e. The van der Waals surface area contributed by atoms with Crippen molar-refractivity contribution in [2.75, 3.05) is 5.32 Å². The molecule has 0 unspecified atom stereocenters. The van der Waals surface area contributed by atoms with Crippen molar-refractivity contribution in [3.8, 4) is 5.75 Å². The van der Waals surface area contributed by atoms with E-state index < -0.39 is 21.7 Å². The third-order valence-electron chi connectivity index (χ3n) is 4.77. The number of rotatable bonds is 9. The molecule has 3 aromatic carbocycles. The second kappa shape index (κ2) is 12.3. The SMILES string of the molecule is CC(=O)Nc1ccc(C(=O)N/N=C/c2cc([N+](=O)[O-])ccc2OC(=O)/C=C/c2ccc([N+](=O)[O-])cc2)cc1. The predicted octanol–water partition coefficient (Wildman–Crippen LogP) is 3.84. The number of ether oxygens (including phenoxy) is 1. The van der Waals surface area contributed by atoms with Gasteiger partial charge in [0.2, 0.25) is 5.91 Å². The zero-order chi connectivity index (χ0) is 27.7. The lowest BCUT2D eigenvalue weighted by molar-refractivity contribution is -0.385. The molecule has 0 aliphatic rings. The fourth-order valence-electron chi connectivity index (χ4n) is 2.99. The molecule has 2 amide bonds. The van der Waals surface area contributed by atoms with Gasteiger partial charge >= 0.3 is 5.97 Å². The maximum absolute atomic E-state index is 12.3. The van der Waals surface area contributed by atoms with Gasteiger partial charge < -0.3 is 10.1 Å². The molecule has 0 saturated heterocycles. The standard InChI is InChI=1S/C25H19N5O8/c1-16(31)27-20-7-5-18(6-8-20)25(33)28-26-15-19-14-22(30(36)37)11-12-23(19)38-24(32)13-4-17-2-9-21(10-3-17)29(34)35/h2-15H,1H3,(H,27,31)(H,28,33)/b13-4+,26-15+. The number of nitro groups is 2. The summed E-state index contributed by atoms with van der Waals surface area (Å²) in [7, 11) is 0. The van der Waals surface area contributed by atoms with Crippen LogP contribution in [0.5, 0.6) is 5.75 Å². The summed E-state index contributed by atoms with van der Waals surface area (Å²) in [5.74, 6) is -1.74. The highest BCUT2D eigenvalue weighted by Crippen LogP contribution is 2.23. The number of nitro benzene ring substituents is 2. The highest BCUT2D eigenvalue weighted by Gasteiger charge is 2.13. The second-order valence-electron chi connectivity index (χ2n) is 7.54. The fourth-order valence-corrected chi connectivity index (χ4v) is 2.99. The van der Waals surface area contributed by atoms with Crippen LogP contribution in [-0.2, 0) is 9.59 Å². The molecule has 0 fully saturated rings. The van der Waals surface area contributed by atoms with Gasteiger partial charge in [-0.05, 0) is 54.1 Å². The van der Waals surface area contributed by atoms with Gasteiger partial charge in [-0.1, -0.05) is 0 Å². The van der Waals surface area contributed by atoms with Gasteiger partial charge in [-0.3, -0.25) is 29.8 Å². The average Bonchev–Trinajstić information content (AvgIpc) is 2.88. The van der Waals surface area contributed by atoms with Gasteiger partial charge in [-0.25, -0.2) is 10.2 Å². The first-order chi connectivity index (χ1) is 18.1. The molecule has 3 rings (SSSR count). The summed E-state index contributed by atoms with van der Waals surface area (Å²) in [6.07, 6.45) is 3.54. The molecule has 13 heteroatoms. The lowest BCUT2D eigenvalue weighted by Gasteiger charge is -2.06. The van der Waals surface area contributed by atoms with Gasteiger partial charge in [0.05, 0.1) is 16.1 Å². The third-order valence-corrected chi connectivity index (χ3v) is 4.77. The molecule has 13 nitrogen and oxygen atoms in total. The first-order valence-electron chi connectivity index (χ1n) is 10.8. The van der Waals surface area contributed by atoms with Crippen molar-refractivity contribution in [3.05, 3.63) is 110 Å². The Morgan fingerprint density at radius 1 is 0.895 bits per heavy atom. The number of anilines is 1. The van der Waals surface area contributed by atoms with E-state index in [1.807, 2.05) is 0 Å². The van der Waals surface area contributed by atoms with Crippen molar-refractivity contribution in [1.82, 2.24) is 5.43 Å². The zero-order valence-corrected chi connectivity index (χ0v) is 19.7. The molecule has 0 bridgehead atoms. The van der Waals surface area contributed by atoms with Crippen LogP contribution in [0.15, 0.2) is 77.9 Å². The first-order valence-corrected chi connectivity index (χ1v) is 10.8. The number of hydrogen-bond donors (Lipinski definition) is 2. The molecule has 0 atom stereocenters. The number of nitrogens with one attached hydrogen (secondary N) is 2. The number of benzene rings is 3. The monoisotopic (exact) mass is 517 g/mol. The van der Waals surface area contributed by atoms with Crippen molar-refractivity contribution in [3.63, 3.8) is 0 Å². The number of non-ortho nitro benzene ring substituents is 2. The normalized spacial score (nSPS) is 10.8. The third kappa shape index (κ3) is 7.64. The number of amides is 2. The maximum atomic E-state index is 12.3.